The zero-order valence-corrected chi connectivity index (χ0v) is 13.2. The van der Waals surface area contributed by atoms with E-state index >= 15 is 0 Å². The van der Waals surface area contributed by atoms with E-state index in [2.05, 4.69) is 0 Å². The second-order valence-electron chi connectivity index (χ2n) is 5.06. The lowest BCUT2D eigenvalue weighted by Crippen LogP contribution is -2.18. The molecular weight excluding hydrogens is 296 g/mol. The van der Waals surface area contributed by atoms with E-state index in [1.54, 1.807) is 57.4 Å². The molecule has 0 bridgehead atoms. The molecule has 5 heteroatoms. The fourth-order valence-corrected chi connectivity index (χ4v) is 1.92. The summed E-state index contributed by atoms with van der Waals surface area (Å²) < 4.78 is 15.5. The van der Waals surface area contributed by atoms with Crippen LogP contribution in [0.15, 0.2) is 48.5 Å². The lowest BCUT2D eigenvalue weighted by Gasteiger charge is -2.11. The van der Waals surface area contributed by atoms with Gasteiger partial charge in [0.2, 0.25) is 0 Å². The predicted molar refractivity (Wildman–Crippen MR) is 84.9 cm³/mol. The van der Waals surface area contributed by atoms with Gasteiger partial charge in [-0.3, -0.25) is 0 Å². The van der Waals surface area contributed by atoms with Gasteiger partial charge in [0.25, 0.3) is 0 Å². The third-order valence-electron chi connectivity index (χ3n) is 2.98. The molecule has 2 aromatic rings. The first kappa shape index (κ1) is 16.5. The third-order valence-corrected chi connectivity index (χ3v) is 2.98. The highest BCUT2D eigenvalue weighted by atomic mass is 16.5. The largest absolute Gasteiger partial charge is 0.497 e. The van der Waals surface area contributed by atoms with Crippen LogP contribution >= 0.6 is 0 Å². The van der Waals surface area contributed by atoms with Crippen molar-refractivity contribution in [2.24, 2.45) is 0 Å². The van der Waals surface area contributed by atoms with Gasteiger partial charge in [0.15, 0.2) is 0 Å². The normalized spacial score (nSPS) is 10.3. The van der Waals surface area contributed by atoms with Crippen LogP contribution in [0, 0.1) is 0 Å². The Morgan fingerprint density at radius 3 is 1.87 bits per heavy atom. The highest BCUT2D eigenvalue weighted by molar-refractivity contribution is 6.03. The van der Waals surface area contributed by atoms with Crippen molar-refractivity contribution in [3.8, 4) is 11.5 Å². The van der Waals surface area contributed by atoms with Gasteiger partial charge in [-0.25, -0.2) is 9.59 Å². The van der Waals surface area contributed by atoms with Crippen LogP contribution < -0.4 is 9.47 Å². The quantitative estimate of drug-likeness (QED) is 0.624. The van der Waals surface area contributed by atoms with Gasteiger partial charge >= 0.3 is 11.9 Å². The molecule has 0 fully saturated rings. The second kappa shape index (κ2) is 7.45. The summed E-state index contributed by atoms with van der Waals surface area (Å²) in [6.07, 6.45) is -0.270. The first-order valence-corrected chi connectivity index (χ1v) is 7.17. The van der Waals surface area contributed by atoms with Crippen molar-refractivity contribution < 1.29 is 23.8 Å². The van der Waals surface area contributed by atoms with E-state index in [4.69, 9.17) is 14.2 Å². The summed E-state index contributed by atoms with van der Waals surface area (Å²) in [5, 5.41) is 0. The lowest BCUT2D eigenvalue weighted by molar-refractivity contribution is 0.0372. The van der Waals surface area contributed by atoms with E-state index < -0.39 is 11.9 Å². The van der Waals surface area contributed by atoms with Crippen molar-refractivity contribution in [1.29, 1.82) is 0 Å². The van der Waals surface area contributed by atoms with E-state index in [9.17, 15) is 9.59 Å². The van der Waals surface area contributed by atoms with Gasteiger partial charge in [0.1, 0.15) is 11.5 Å². The Bertz CT molecular complexity index is 689. The monoisotopic (exact) mass is 314 g/mol. The maximum atomic E-state index is 12.3. The Balaban J connectivity index is 2.20. The van der Waals surface area contributed by atoms with Gasteiger partial charge in [0.05, 0.1) is 24.3 Å². The summed E-state index contributed by atoms with van der Waals surface area (Å²) >= 11 is 0. The van der Waals surface area contributed by atoms with Crippen molar-refractivity contribution in [1.82, 2.24) is 0 Å². The highest BCUT2D eigenvalue weighted by Gasteiger charge is 2.20. The van der Waals surface area contributed by atoms with Gasteiger partial charge in [-0.1, -0.05) is 12.1 Å². The van der Waals surface area contributed by atoms with Crippen LogP contribution in [0.3, 0.4) is 0 Å². The fourth-order valence-electron chi connectivity index (χ4n) is 1.92. The molecule has 0 aliphatic heterocycles. The first-order chi connectivity index (χ1) is 11.0. The second-order valence-corrected chi connectivity index (χ2v) is 5.06. The van der Waals surface area contributed by atoms with Crippen LogP contribution in [-0.2, 0) is 4.74 Å². The minimum Gasteiger partial charge on any atom is -0.497 e. The lowest BCUT2D eigenvalue weighted by atomic mass is 10.1. The Morgan fingerprint density at radius 1 is 0.826 bits per heavy atom. The third kappa shape index (κ3) is 4.32. The van der Waals surface area contributed by atoms with E-state index in [0.29, 0.717) is 11.5 Å². The van der Waals surface area contributed by atoms with Crippen molar-refractivity contribution in [2.75, 3.05) is 7.11 Å². The van der Waals surface area contributed by atoms with Crippen molar-refractivity contribution in [3.63, 3.8) is 0 Å². The molecule has 23 heavy (non-hydrogen) atoms. The standard InChI is InChI=1S/C18H18O5/c1-12(2)22-17(19)15-6-4-5-7-16(15)18(20)23-14-10-8-13(21-3)9-11-14/h4-12H,1-3H3. The SMILES string of the molecule is COc1ccc(OC(=O)c2ccccc2C(=O)OC(C)C)cc1. The van der Waals surface area contributed by atoms with E-state index in [-0.39, 0.29) is 17.2 Å². The molecule has 0 N–H and O–H groups in total. The van der Waals surface area contributed by atoms with Crippen LogP contribution in [0.25, 0.3) is 0 Å². The van der Waals surface area contributed by atoms with Crippen LogP contribution in [0.1, 0.15) is 34.6 Å². The number of rotatable bonds is 5. The average Bonchev–Trinajstić information content (AvgIpc) is 2.55. The zero-order valence-electron chi connectivity index (χ0n) is 13.2. The highest BCUT2D eigenvalue weighted by Crippen LogP contribution is 2.19. The number of hydrogen-bond donors (Lipinski definition) is 0. The maximum absolute atomic E-state index is 12.3. The molecule has 2 rings (SSSR count). The molecule has 0 saturated heterocycles. The molecule has 0 radical (unpaired) electrons. The number of benzene rings is 2. The molecule has 0 aliphatic carbocycles. The molecule has 5 nitrogen and oxygen atoms in total. The average molecular weight is 314 g/mol. The zero-order chi connectivity index (χ0) is 16.8. The van der Waals surface area contributed by atoms with Crippen LogP contribution in [-0.4, -0.2) is 25.2 Å². The topological polar surface area (TPSA) is 61.8 Å². The molecule has 0 unspecified atom stereocenters. The molecule has 0 saturated carbocycles. The fraction of sp³-hybridized carbons (Fsp3) is 0.222. The summed E-state index contributed by atoms with van der Waals surface area (Å²) in [5.41, 5.74) is 0.341. The van der Waals surface area contributed by atoms with Crippen LogP contribution in [0.5, 0.6) is 11.5 Å². The summed E-state index contributed by atoms with van der Waals surface area (Å²) in [4.78, 5) is 24.4. The van der Waals surface area contributed by atoms with Gasteiger partial charge in [0, 0.05) is 0 Å². The van der Waals surface area contributed by atoms with Gasteiger partial charge in [-0.2, -0.15) is 0 Å². The van der Waals surface area contributed by atoms with Gasteiger partial charge < -0.3 is 14.2 Å². The Labute approximate surface area is 134 Å². The smallest absolute Gasteiger partial charge is 0.344 e. The predicted octanol–water partition coefficient (Wildman–Crippen LogP) is 3.48. The number of esters is 2. The van der Waals surface area contributed by atoms with Crippen LogP contribution in [0.2, 0.25) is 0 Å². The first-order valence-electron chi connectivity index (χ1n) is 7.17. The molecule has 0 atom stereocenters. The minimum atomic E-state index is -0.619. The molecule has 0 aromatic heterocycles. The molecule has 0 aliphatic rings. The summed E-state index contributed by atoms with van der Waals surface area (Å²) in [7, 11) is 1.55. The number of methoxy groups -OCH3 is 1. The van der Waals surface area contributed by atoms with Gasteiger partial charge in [-0.05, 0) is 50.2 Å². The molecule has 2 aromatic carbocycles. The summed E-state index contributed by atoms with van der Waals surface area (Å²) in [5.74, 6) is -0.151. The van der Waals surface area contributed by atoms with Crippen LogP contribution in [0.4, 0.5) is 0 Å². The minimum absolute atomic E-state index is 0.161. The summed E-state index contributed by atoms with van der Waals surface area (Å²) in [6, 6.07) is 13.0. The Kier molecular flexibility index (Phi) is 5.36. The number of carbonyl (C=O) groups excluding carboxylic acids is 2. The van der Waals surface area contributed by atoms with E-state index in [0.717, 1.165) is 0 Å². The van der Waals surface area contributed by atoms with Crippen molar-refractivity contribution in [2.45, 2.75) is 20.0 Å². The van der Waals surface area contributed by atoms with E-state index in [1.807, 2.05) is 0 Å². The molecule has 0 spiro atoms. The number of ether oxygens (including phenoxy) is 3. The molecule has 120 valence electrons. The van der Waals surface area contributed by atoms with Crippen molar-refractivity contribution in [3.05, 3.63) is 59.7 Å². The molecular formula is C18H18O5. The van der Waals surface area contributed by atoms with Crippen molar-refractivity contribution >= 4 is 11.9 Å². The Hall–Kier alpha value is -2.82. The summed E-state index contributed by atoms with van der Waals surface area (Å²) in [6.45, 7) is 3.49. The van der Waals surface area contributed by atoms with Gasteiger partial charge in [-0.15, -0.1) is 0 Å². The molecule has 0 amide bonds. The number of hydrogen-bond acceptors (Lipinski definition) is 5. The maximum Gasteiger partial charge on any atom is 0.344 e. The molecule has 0 heterocycles. The Morgan fingerprint density at radius 2 is 1.35 bits per heavy atom. The van der Waals surface area contributed by atoms with E-state index in [1.165, 1.54) is 12.1 Å². The number of carbonyl (C=O) groups is 2.